The number of halogens is 2. The van der Waals surface area contributed by atoms with Crippen LogP contribution >= 0.6 is 11.6 Å². The van der Waals surface area contributed by atoms with Gasteiger partial charge in [0.1, 0.15) is 17.0 Å². The number of nitrogens with zero attached hydrogens (tertiary/aromatic N) is 2. The Bertz CT molecular complexity index is 2400. The Morgan fingerprint density at radius 1 is 0.968 bits per heavy atom. The Labute approximate surface area is 368 Å². The van der Waals surface area contributed by atoms with Gasteiger partial charge in [-0.3, -0.25) is 9.78 Å². The second-order valence-electron chi connectivity index (χ2n) is 17.8. The van der Waals surface area contributed by atoms with E-state index < -0.39 is 17.5 Å². The largest absolute Gasteiger partial charge is 0.494 e. The van der Waals surface area contributed by atoms with Gasteiger partial charge >= 0.3 is 5.97 Å². The summed E-state index contributed by atoms with van der Waals surface area (Å²) in [7, 11) is 0. The normalized spacial score (nSPS) is 22.0. The summed E-state index contributed by atoms with van der Waals surface area (Å²) in [6, 6.07) is 26.5. The van der Waals surface area contributed by atoms with Crippen molar-refractivity contribution in [2.24, 2.45) is 11.8 Å². The fourth-order valence-electron chi connectivity index (χ4n) is 10.3. The quantitative estimate of drug-likeness (QED) is 0.0662. The van der Waals surface area contributed by atoms with Crippen LogP contribution in [0.5, 0.6) is 11.5 Å². The zero-order chi connectivity index (χ0) is 43.3. The van der Waals surface area contributed by atoms with Gasteiger partial charge in [-0.1, -0.05) is 55.8 Å². The number of hydrogen-bond acceptors (Lipinski definition) is 7. The van der Waals surface area contributed by atoms with Gasteiger partial charge in [0.15, 0.2) is 0 Å². The van der Waals surface area contributed by atoms with E-state index in [4.69, 9.17) is 21.1 Å². The Morgan fingerprint density at radius 3 is 2.61 bits per heavy atom. The standard InChI is InChI=1S/C51H56ClFN4O5/c1-33(32-62-45-18-24-54-44-14-3-8-34(2)47(44)45)26-38-28-37-16-17-41(30-43(37)50(38)19-21-51(22-20-50,49(59)60)57-40-12-5-11-39(52)29-40)61-25-7-15-46(58)56-31-35-9-4-10-36(27-35)42-13-6-23-55-48(42)53/h4-6,9-13,16-18,23-24,27,29-30,33-34,38,57H,3,7-8,14-15,19-22,25-26,28,31-32H2,1-2H3,(H,56,58)(H,59,60)/t33-,34-,38?,50?,51?/m1/s1. The van der Waals surface area contributed by atoms with Gasteiger partial charge < -0.3 is 25.2 Å². The maximum atomic E-state index is 14.3. The van der Waals surface area contributed by atoms with Crippen molar-refractivity contribution in [3.8, 4) is 22.6 Å². The molecule has 324 valence electrons. The Morgan fingerprint density at radius 2 is 1.81 bits per heavy atom. The number of carboxylic acids is 1. The molecule has 1 saturated carbocycles. The van der Waals surface area contributed by atoms with Crippen molar-refractivity contribution >= 4 is 29.2 Å². The number of fused-ring (bicyclic) bond motifs is 3. The third-order valence-corrected chi connectivity index (χ3v) is 13.8. The maximum Gasteiger partial charge on any atom is 0.329 e. The Kier molecular flexibility index (Phi) is 13.1. The third kappa shape index (κ3) is 9.45. The number of aryl methyl sites for hydroxylation is 1. The molecule has 1 fully saturated rings. The van der Waals surface area contributed by atoms with E-state index in [1.54, 1.807) is 24.3 Å². The van der Waals surface area contributed by atoms with Crippen LogP contribution in [-0.2, 0) is 34.4 Å². The first-order valence-corrected chi connectivity index (χ1v) is 22.5. The number of carbonyl (C=O) groups is 2. The second kappa shape index (κ2) is 18.9. The van der Waals surface area contributed by atoms with Crippen LogP contribution in [0.4, 0.5) is 10.1 Å². The van der Waals surface area contributed by atoms with E-state index in [0.717, 1.165) is 54.9 Å². The second-order valence-corrected chi connectivity index (χ2v) is 18.2. The first-order chi connectivity index (χ1) is 30.0. The molecule has 1 amide bonds. The van der Waals surface area contributed by atoms with Crippen molar-refractivity contribution < 1.29 is 28.6 Å². The number of aliphatic carboxylic acids is 1. The number of benzene rings is 3. The molecular formula is C51H56ClFN4O5. The summed E-state index contributed by atoms with van der Waals surface area (Å²) in [6.45, 7) is 5.84. The predicted octanol–water partition coefficient (Wildman–Crippen LogP) is 10.9. The van der Waals surface area contributed by atoms with Crippen molar-refractivity contribution in [2.45, 2.75) is 108 Å². The van der Waals surface area contributed by atoms with Crippen LogP contribution in [0.1, 0.15) is 106 Å². The molecule has 3 aromatic carbocycles. The average Bonchev–Trinajstić information content (AvgIpc) is 3.55. The van der Waals surface area contributed by atoms with Gasteiger partial charge in [-0.25, -0.2) is 9.78 Å². The van der Waals surface area contributed by atoms with Crippen LogP contribution in [-0.4, -0.2) is 45.7 Å². The topological polar surface area (TPSA) is 123 Å². The number of anilines is 1. The molecule has 1 unspecified atom stereocenters. The number of amides is 1. The summed E-state index contributed by atoms with van der Waals surface area (Å²) < 4.78 is 27.2. The lowest BCUT2D eigenvalue weighted by Crippen LogP contribution is -2.53. The summed E-state index contributed by atoms with van der Waals surface area (Å²) >= 11 is 6.31. The number of nitrogens with one attached hydrogen (secondary N) is 2. The molecule has 3 aliphatic rings. The number of pyridine rings is 2. The van der Waals surface area contributed by atoms with Crippen molar-refractivity contribution in [1.82, 2.24) is 15.3 Å². The number of carbonyl (C=O) groups excluding carboxylic acids is 1. The van der Waals surface area contributed by atoms with Gasteiger partial charge in [-0.05, 0) is 164 Å². The number of rotatable bonds is 16. The van der Waals surface area contributed by atoms with Crippen molar-refractivity contribution in [1.29, 1.82) is 0 Å². The van der Waals surface area contributed by atoms with Crippen molar-refractivity contribution in [2.75, 3.05) is 18.5 Å². The number of hydrogen-bond donors (Lipinski definition) is 3. The van der Waals surface area contributed by atoms with Gasteiger partial charge in [0.25, 0.3) is 0 Å². The molecule has 0 saturated heterocycles. The van der Waals surface area contributed by atoms with Gasteiger partial charge in [-0.2, -0.15) is 4.39 Å². The first kappa shape index (κ1) is 43.2. The molecule has 2 heterocycles. The van der Waals surface area contributed by atoms with Crippen LogP contribution < -0.4 is 20.1 Å². The predicted molar refractivity (Wildman–Crippen MR) is 240 cm³/mol. The van der Waals surface area contributed by atoms with Gasteiger partial charge in [-0.15, -0.1) is 0 Å². The summed E-state index contributed by atoms with van der Waals surface area (Å²) in [5.41, 5.74) is 6.30. The molecule has 62 heavy (non-hydrogen) atoms. The fraction of sp³-hybridized carbons (Fsp3) is 0.412. The van der Waals surface area contributed by atoms with E-state index in [9.17, 15) is 19.1 Å². The Balaban J connectivity index is 0.929. The van der Waals surface area contributed by atoms with E-state index >= 15 is 0 Å². The highest BCUT2D eigenvalue weighted by Crippen LogP contribution is 2.57. The first-order valence-electron chi connectivity index (χ1n) is 22.1. The third-order valence-electron chi connectivity index (χ3n) is 13.6. The van der Waals surface area contributed by atoms with Crippen LogP contribution in [0.15, 0.2) is 97.3 Å². The molecule has 3 atom stereocenters. The minimum absolute atomic E-state index is 0.0887. The molecule has 3 aliphatic carbocycles. The minimum atomic E-state index is -1.12. The maximum absolute atomic E-state index is 14.3. The smallest absolute Gasteiger partial charge is 0.329 e. The van der Waals surface area contributed by atoms with Crippen molar-refractivity contribution in [3.63, 3.8) is 0 Å². The molecule has 1 spiro atoms. The molecule has 5 aromatic rings. The highest BCUT2D eigenvalue weighted by molar-refractivity contribution is 6.30. The molecule has 3 N–H and O–H groups in total. The molecule has 2 aromatic heterocycles. The van der Waals surface area contributed by atoms with Gasteiger partial charge in [0.05, 0.1) is 13.2 Å². The van der Waals surface area contributed by atoms with E-state index in [1.165, 1.54) is 22.9 Å². The molecule has 9 nitrogen and oxygen atoms in total. The molecule has 0 aliphatic heterocycles. The summed E-state index contributed by atoms with van der Waals surface area (Å²) in [5, 5.41) is 17.6. The van der Waals surface area contributed by atoms with E-state index in [2.05, 4.69) is 46.6 Å². The molecular weight excluding hydrogens is 803 g/mol. The van der Waals surface area contributed by atoms with Crippen LogP contribution in [0.3, 0.4) is 0 Å². The summed E-state index contributed by atoms with van der Waals surface area (Å²) in [6.07, 6.45) is 11.6. The van der Waals surface area contributed by atoms with Crippen LogP contribution in [0.2, 0.25) is 5.02 Å². The lowest BCUT2D eigenvalue weighted by atomic mass is 9.59. The lowest BCUT2D eigenvalue weighted by Gasteiger charge is -2.47. The number of carboxylic acid groups (broad SMARTS) is 1. The SMILES string of the molecule is C[C@@H](COc1ccnc2c1[C@H](C)CCC2)CC1Cc2ccc(OCCCC(=O)NCc3cccc(-c4cccnc4F)c3)cc2C12CCC(Nc1cccc(Cl)c1)(C(=O)O)CC2. The Hall–Kier alpha value is -5.48. The van der Waals surface area contributed by atoms with Crippen molar-refractivity contribution in [3.05, 3.63) is 136 Å². The van der Waals surface area contributed by atoms with Gasteiger partial charge in [0, 0.05) is 52.9 Å². The number of ether oxygens (including phenoxy) is 2. The van der Waals surface area contributed by atoms with E-state index in [1.807, 2.05) is 54.7 Å². The summed E-state index contributed by atoms with van der Waals surface area (Å²) in [4.78, 5) is 34.4. The molecule has 11 heteroatoms. The van der Waals surface area contributed by atoms with Gasteiger partial charge in [0.2, 0.25) is 11.9 Å². The molecule has 0 bridgehead atoms. The van der Waals surface area contributed by atoms with E-state index in [-0.39, 0.29) is 17.2 Å². The molecule has 0 radical (unpaired) electrons. The number of aromatic nitrogens is 2. The zero-order valence-electron chi connectivity index (χ0n) is 35.6. The van der Waals surface area contributed by atoms with Crippen LogP contribution in [0, 0.1) is 17.8 Å². The minimum Gasteiger partial charge on any atom is -0.494 e. The zero-order valence-corrected chi connectivity index (χ0v) is 36.4. The highest BCUT2D eigenvalue weighted by atomic mass is 35.5. The fourth-order valence-corrected chi connectivity index (χ4v) is 10.5. The average molecular weight is 859 g/mol. The van der Waals surface area contributed by atoms with E-state index in [0.29, 0.717) is 92.0 Å². The lowest BCUT2D eigenvalue weighted by molar-refractivity contribution is -0.144. The summed E-state index contributed by atoms with van der Waals surface area (Å²) in [5.74, 6) is 1.22. The van der Waals surface area contributed by atoms with Crippen LogP contribution in [0.25, 0.3) is 11.1 Å². The highest BCUT2D eigenvalue weighted by Gasteiger charge is 2.54. The monoisotopic (exact) mass is 858 g/mol. The molecule has 8 rings (SSSR count).